The molecule has 2 atom stereocenters. The highest BCUT2D eigenvalue weighted by Gasteiger charge is 2.35. The van der Waals surface area contributed by atoms with E-state index < -0.39 is 0 Å². The van der Waals surface area contributed by atoms with Crippen molar-refractivity contribution in [2.45, 2.75) is 19.3 Å². The van der Waals surface area contributed by atoms with Gasteiger partial charge in [0.15, 0.2) is 0 Å². The second-order valence-electron chi connectivity index (χ2n) is 6.44. The van der Waals surface area contributed by atoms with Crippen molar-refractivity contribution >= 4 is 17.5 Å². The van der Waals surface area contributed by atoms with Gasteiger partial charge in [-0.3, -0.25) is 9.59 Å². The van der Waals surface area contributed by atoms with Crippen LogP contribution in [0.2, 0.25) is 0 Å². The van der Waals surface area contributed by atoms with Crippen molar-refractivity contribution in [2.24, 2.45) is 5.92 Å². The van der Waals surface area contributed by atoms with Gasteiger partial charge in [0, 0.05) is 25.2 Å². The van der Waals surface area contributed by atoms with Gasteiger partial charge in [-0.25, -0.2) is 4.39 Å². The van der Waals surface area contributed by atoms with E-state index in [-0.39, 0.29) is 35.9 Å². The summed E-state index contributed by atoms with van der Waals surface area (Å²) in [7, 11) is 0. The van der Waals surface area contributed by atoms with E-state index in [1.165, 1.54) is 17.7 Å². The molecular formula is C20H21FN2O2. The molecule has 2 aromatic carbocycles. The van der Waals surface area contributed by atoms with Gasteiger partial charge in [0.2, 0.25) is 11.8 Å². The zero-order valence-corrected chi connectivity index (χ0v) is 14.1. The third kappa shape index (κ3) is 4.05. The molecule has 25 heavy (non-hydrogen) atoms. The van der Waals surface area contributed by atoms with E-state index in [1.54, 1.807) is 17.0 Å². The molecule has 1 aliphatic rings. The SMILES string of the molecule is C[C@@H](CNC(=O)[C@H]1CC(=O)N(c2ccc(F)cc2)C1)c1ccccc1. The Balaban J connectivity index is 1.56. The fraction of sp³-hybridized carbons (Fsp3) is 0.300. The zero-order chi connectivity index (χ0) is 17.8. The van der Waals surface area contributed by atoms with Crippen LogP contribution in [0.4, 0.5) is 10.1 Å². The van der Waals surface area contributed by atoms with Crippen LogP contribution in [-0.2, 0) is 9.59 Å². The molecule has 4 nitrogen and oxygen atoms in total. The van der Waals surface area contributed by atoms with Gasteiger partial charge in [-0.05, 0) is 35.7 Å². The molecule has 5 heteroatoms. The topological polar surface area (TPSA) is 49.4 Å². The van der Waals surface area contributed by atoms with Crippen LogP contribution in [0.15, 0.2) is 54.6 Å². The van der Waals surface area contributed by atoms with Gasteiger partial charge >= 0.3 is 0 Å². The van der Waals surface area contributed by atoms with Crippen LogP contribution in [-0.4, -0.2) is 24.9 Å². The van der Waals surface area contributed by atoms with E-state index in [0.717, 1.165) is 0 Å². The molecule has 0 unspecified atom stereocenters. The largest absolute Gasteiger partial charge is 0.355 e. The van der Waals surface area contributed by atoms with Crippen LogP contribution in [0.1, 0.15) is 24.8 Å². The second-order valence-corrected chi connectivity index (χ2v) is 6.44. The summed E-state index contributed by atoms with van der Waals surface area (Å²) in [6.07, 6.45) is 0.183. The average molecular weight is 340 g/mol. The van der Waals surface area contributed by atoms with Crippen LogP contribution in [0, 0.1) is 11.7 Å². The van der Waals surface area contributed by atoms with E-state index in [1.807, 2.05) is 30.3 Å². The summed E-state index contributed by atoms with van der Waals surface area (Å²) in [6.45, 7) is 2.92. The number of rotatable bonds is 5. The van der Waals surface area contributed by atoms with Crippen LogP contribution in [0.25, 0.3) is 0 Å². The van der Waals surface area contributed by atoms with Crippen LogP contribution >= 0.6 is 0 Å². The average Bonchev–Trinajstić information content (AvgIpc) is 3.02. The lowest BCUT2D eigenvalue weighted by Gasteiger charge is -2.17. The first-order chi connectivity index (χ1) is 12.0. The minimum atomic E-state index is -0.375. The molecule has 130 valence electrons. The van der Waals surface area contributed by atoms with Gasteiger partial charge in [-0.15, -0.1) is 0 Å². The molecule has 0 spiro atoms. The second kappa shape index (κ2) is 7.47. The third-order valence-electron chi connectivity index (χ3n) is 4.59. The normalized spacial score (nSPS) is 18.2. The van der Waals surface area contributed by atoms with E-state index >= 15 is 0 Å². The number of halogens is 1. The summed E-state index contributed by atoms with van der Waals surface area (Å²) in [5.41, 5.74) is 1.79. The summed E-state index contributed by atoms with van der Waals surface area (Å²) in [6, 6.07) is 15.7. The molecule has 0 aromatic heterocycles. The van der Waals surface area contributed by atoms with Crippen LogP contribution in [0.3, 0.4) is 0 Å². The molecule has 1 saturated heterocycles. The summed E-state index contributed by atoms with van der Waals surface area (Å²) < 4.78 is 13.0. The molecule has 1 aliphatic heterocycles. The van der Waals surface area contributed by atoms with E-state index in [4.69, 9.17) is 0 Å². The van der Waals surface area contributed by atoms with Crippen molar-refractivity contribution in [1.29, 1.82) is 0 Å². The maximum atomic E-state index is 13.0. The van der Waals surface area contributed by atoms with E-state index in [9.17, 15) is 14.0 Å². The summed E-state index contributed by atoms with van der Waals surface area (Å²) >= 11 is 0. The Labute approximate surface area is 146 Å². The molecule has 0 saturated carbocycles. The molecule has 3 rings (SSSR count). The Hall–Kier alpha value is -2.69. The predicted molar refractivity (Wildman–Crippen MR) is 94.7 cm³/mol. The van der Waals surface area contributed by atoms with Gasteiger partial charge in [0.05, 0.1) is 5.92 Å². The first kappa shape index (κ1) is 17.1. The number of nitrogens with zero attached hydrogens (tertiary/aromatic N) is 1. The molecule has 2 aromatic rings. The number of anilines is 1. The highest BCUT2D eigenvalue weighted by atomic mass is 19.1. The van der Waals surface area contributed by atoms with Crippen molar-refractivity contribution in [3.05, 3.63) is 66.0 Å². The minimum absolute atomic E-state index is 0.108. The zero-order valence-electron chi connectivity index (χ0n) is 14.1. The molecule has 0 radical (unpaired) electrons. The van der Waals surface area contributed by atoms with Gasteiger partial charge in [-0.2, -0.15) is 0 Å². The third-order valence-corrected chi connectivity index (χ3v) is 4.59. The van der Waals surface area contributed by atoms with Gasteiger partial charge in [-0.1, -0.05) is 37.3 Å². The lowest BCUT2D eigenvalue weighted by atomic mass is 10.0. The van der Waals surface area contributed by atoms with Gasteiger partial charge < -0.3 is 10.2 Å². The summed E-state index contributed by atoms with van der Waals surface area (Å²) in [5, 5.41) is 2.95. The maximum absolute atomic E-state index is 13.0. The molecule has 1 N–H and O–H groups in total. The number of carbonyl (C=O) groups is 2. The van der Waals surface area contributed by atoms with Gasteiger partial charge in [0.25, 0.3) is 0 Å². The lowest BCUT2D eigenvalue weighted by Crippen LogP contribution is -2.35. The predicted octanol–water partition coefficient (Wildman–Crippen LogP) is 3.10. The fourth-order valence-corrected chi connectivity index (χ4v) is 3.05. The number of hydrogen-bond acceptors (Lipinski definition) is 2. The highest BCUT2D eigenvalue weighted by molar-refractivity contribution is 6.00. The Kier molecular flexibility index (Phi) is 5.12. The van der Waals surface area contributed by atoms with Crippen LogP contribution in [0.5, 0.6) is 0 Å². The molecule has 0 aliphatic carbocycles. The van der Waals surface area contributed by atoms with Crippen molar-refractivity contribution in [3.8, 4) is 0 Å². The van der Waals surface area contributed by atoms with Crippen LogP contribution < -0.4 is 10.2 Å². The maximum Gasteiger partial charge on any atom is 0.227 e. The van der Waals surface area contributed by atoms with Crippen molar-refractivity contribution < 1.29 is 14.0 Å². The van der Waals surface area contributed by atoms with Crippen molar-refractivity contribution in [1.82, 2.24) is 5.32 Å². The minimum Gasteiger partial charge on any atom is -0.355 e. The Bertz CT molecular complexity index is 746. The quantitative estimate of drug-likeness (QED) is 0.909. The first-order valence-electron chi connectivity index (χ1n) is 8.43. The smallest absolute Gasteiger partial charge is 0.227 e. The van der Waals surface area contributed by atoms with Crippen molar-refractivity contribution in [3.63, 3.8) is 0 Å². The highest BCUT2D eigenvalue weighted by Crippen LogP contribution is 2.25. The number of carbonyl (C=O) groups excluding carboxylic acids is 2. The molecule has 0 bridgehead atoms. The molecule has 1 heterocycles. The molecular weight excluding hydrogens is 319 g/mol. The lowest BCUT2D eigenvalue weighted by molar-refractivity contribution is -0.126. The van der Waals surface area contributed by atoms with Gasteiger partial charge in [0.1, 0.15) is 5.82 Å². The molecule has 2 amide bonds. The molecule has 1 fully saturated rings. The summed E-state index contributed by atoms with van der Waals surface area (Å²) in [4.78, 5) is 26.1. The summed E-state index contributed by atoms with van der Waals surface area (Å²) in [5.74, 6) is -0.737. The van der Waals surface area contributed by atoms with E-state index in [2.05, 4.69) is 12.2 Å². The Morgan fingerprint density at radius 3 is 2.56 bits per heavy atom. The number of amides is 2. The Morgan fingerprint density at radius 1 is 1.20 bits per heavy atom. The number of hydrogen-bond donors (Lipinski definition) is 1. The number of nitrogens with one attached hydrogen (secondary N) is 1. The number of benzene rings is 2. The standard InChI is InChI=1S/C20H21FN2O2/c1-14(15-5-3-2-4-6-15)12-22-20(25)16-11-19(24)23(13-16)18-9-7-17(21)8-10-18/h2-10,14,16H,11-13H2,1H3,(H,22,25)/t14-,16-/m0/s1. The van der Waals surface area contributed by atoms with Crippen molar-refractivity contribution in [2.75, 3.05) is 18.0 Å². The fourth-order valence-electron chi connectivity index (χ4n) is 3.05. The monoisotopic (exact) mass is 340 g/mol. The Morgan fingerprint density at radius 2 is 1.88 bits per heavy atom. The first-order valence-corrected chi connectivity index (χ1v) is 8.43. The van der Waals surface area contributed by atoms with E-state index in [0.29, 0.717) is 18.8 Å².